The molecule has 17 heavy (non-hydrogen) atoms. The quantitative estimate of drug-likeness (QED) is 0.732. The van der Waals surface area contributed by atoms with Crippen molar-refractivity contribution in [2.45, 2.75) is 25.3 Å². The van der Waals surface area contributed by atoms with Crippen LogP contribution in [-0.4, -0.2) is 22.7 Å². The van der Waals surface area contributed by atoms with E-state index >= 15 is 0 Å². The van der Waals surface area contributed by atoms with E-state index < -0.39 is 11.9 Å². The van der Waals surface area contributed by atoms with Crippen LogP contribution in [0.4, 0.5) is 0 Å². The fraction of sp³-hybridized carbons (Fsp3) is 0.462. The van der Waals surface area contributed by atoms with Crippen LogP contribution in [0.25, 0.3) is 0 Å². The second-order valence-electron chi connectivity index (χ2n) is 4.47. The van der Waals surface area contributed by atoms with Crippen LogP contribution in [0.15, 0.2) is 24.3 Å². The topological polar surface area (TPSA) is 69.6 Å². The molecule has 0 unspecified atom stereocenters. The summed E-state index contributed by atoms with van der Waals surface area (Å²) in [5.74, 6) is -1.01. The number of hydrogen-bond donors (Lipinski definition) is 3. The van der Waals surface area contributed by atoms with Gasteiger partial charge < -0.3 is 15.5 Å². The van der Waals surface area contributed by atoms with Crippen molar-refractivity contribution in [2.75, 3.05) is 6.54 Å². The SMILES string of the molecule is O=C(O)[C@H]1CCCCN[C@@H]1c1cccc(O)c1. The van der Waals surface area contributed by atoms with Gasteiger partial charge >= 0.3 is 5.97 Å². The molecule has 3 N–H and O–H groups in total. The lowest BCUT2D eigenvalue weighted by molar-refractivity contribution is -0.143. The average molecular weight is 235 g/mol. The maximum absolute atomic E-state index is 11.3. The van der Waals surface area contributed by atoms with Gasteiger partial charge in [0.25, 0.3) is 0 Å². The molecule has 4 heteroatoms. The maximum atomic E-state index is 11.3. The number of hydrogen-bond acceptors (Lipinski definition) is 3. The summed E-state index contributed by atoms with van der Waals surface area (Å²) in [6.07, 6.45) is 2.61. The Kier molecular flexibility index (Phi) is 3.64. The lowest BCUT2D eigenvalue weighted by Gasteiger charge is -2.23. The number of phenolic OH excluding ortho intramolecular Hbond substituents is 1. The summed E-state index contributed by atoms with van der Waals surface area (Å²) < 4.78 is 0. The molecular formula is C13H17NO3. The van der Waals surface area contributed by atoms with Gasteiger partial charge in [-0.1, -0.05) is 18.6 Å². The van der Waals surface area contributed by atoms with Gasteiger partial charge in [-0.3, -0.25) is 4.79 Å². The summed E-state index contributed by atoms with van der Waals surface area (Å²) in [6.45, 7) is 0.824. The van der Waals surface area contributed by atoms with Gasteiger partial charge in [0.05, 0.1) is 5.92 Å². The molecular weight excluding hydrogens is 218 g/mol. The Morgan fingerprint density at radius 2 is 2.18 bits per heavy atom. The van der Waals surface area contributed by atoms with Crippen LogP contribution in [0.2, 0.25) is 0 Å². The molecule has 0 radical (unpaired) electrons. The third kappa shape index (κ3) is 2.77. The molecule has 0 spiro atoms. The molecule has 0 amide bonds. The van der Waals surface area contributed by atoms with E-state index in [4.69, 9.17) is 0 Å². The van der Waals surface area contributed by atoms with Gasteiger partial charge in [0.15, 0.2) is 0 Å². The minimum absolute atomic E-state index is 0.178. The zero-order chi connectivity index (χ0) is 12.3. The standard InChI is InChI=1S/C13H17NO3/c15-10-5-3-4-9(8-10)12-11(13(16)17)6-1-2-7-14-12/h3-5,8,11-12,14-15H,1-2,6-7H2,(H,16,17)/t11-,12+/m0/s1. The Labute approximate surface area is 100 Å². The van der Waals surface area contributed by atoms with Gasteiger partial charge in [-0.05, 0) is 37.1 Å². The first-order valence-electron chi connectivity index (χ1n) is 5.93. The zero-order valence-corrected chi connectivity index (χ0v) is 9.60. The second kappa shape index (κ2) is 5.19. The van der Waals surface area contributed by atoms with Crippen LogP contribution in [0, 0.1) is 5.92 Å². The van der Waals surface area contributed by atoms with Crippen LogP contribution in [0.1, 0.15) is 30.9 Å². The summed E-state index contributed by atoms with van der Waals surface area (Å²) >= 11 is 0. The Morgan fingerprint density at radius 1 is 1.35 bits per heavy atom. The third-order valence-electron chi connectivity index (χ3n) is 3.26. The van der Waals surface area contributed by atoms with E-state index in [0.717, 1.165) is 24.9 Å². The van der Waals surface area contributed by atoms with Gasteiger partial charge in [-0.15, -0.1) is 0 Å². The highest BCUT2D eigenvalue weighted by molar-refractivity contribution is 5.71. The van der Waals surface area contributed by atoms with Gasteiger partial charge in [-0.25, -0.2) is 0 Å². The molecule has 0 saturated carbocycles. The molecule has 1 aliphatic rings. The van der Waals surface area contributed by atoms with Crippen molar-refractivity contribution >= 4 is 5.97 Å². The summed E-state index contributed by atoms with van der Waals surface area (Å²) in [4.78, 5) is 11.3. The predicted molar refractivity (Wildman–Crippen MR) is 63.8 cm³/mol. The van der Waals surface area contributed by atoms with E-state index in [-0.39, 0.29) is 11.8 Å². The van der Waals surface area contributed by atoms with Crippen molar-refractivity contribution in [1.82, 2.24) is 5.32 Å². The zero-order valence-electron chi connectivity index (χ0n) is 9.60. The van der Waals surface area contributed by atoms with Gasteiger partial charge in [-0.2, -0.15) is 0 Å². The number of phenols is 1. The first-order chi connectivity index (χ1) is 8.18. The molecule has 0 bridgehead atoms. The number of rotatable bonds is 2. The van der Waals surface area contributed by atoms with E-state index in [1.165, 1.54) is 0 Å². The van der Waals surface area contributed by atoms with E-state index in [9.17, 15) is 15.0 Å². The molecule has 4 nitrogen and oxygen atoms in total. The van der Waals surface area contributed by atoms with E-state index in [2.05, 4.69) is 5.32 Å². The highest BCUT2D eigenvalue weighted by Gasteiger charge is 2.30. The minimum atomic E-state index is -0.771. The number of aliphatic carboxylic acids is 1. The third-order valence-corrected chi connectivity index (χ3v) is 3.26. The maximum Gasteiger partial charge on any atom is 0.308 e. The van der Waals surface area contributed by atoms with Crippen molar-refractivity contribution in [1.29, 1.82) is 0 Å². The van der Waals surface area contributed by atoms with Gasteiger partial charge in [0.2, 0.25) is 0 Å². The van der Waals surface area contributed by atoms with Gasteiger partial charge in [0, 0.05) is 6.04 Å². The molecule has 1 aliphatic heterocycles. The van der Waals surface area contributed by atoms with Gasteiger partial charge in [0.1, 0.15) is 5.75 Å². The molecule has 1 aromatic rings. The monoisotopic (exact) mass is 235 g/mol. The minimum Gasteiger partial charge on any atom is -0.508 e. The number of carbonyl (C=O) groups is 1. The van der Waals surface area contributed by atoms with Crippen molar-refractivity contribution in [2.24, 2.45) is 5.92 Å². The van der Waals surface area contributed by atoms with E-state index in [1.54, 1.807) is 18.2 Å². The summed E-state index contributed by atoms with van der Waals surface area (Å²) in [6, 6.07) is 6.63. The number of aromatic hydroxyl groups is 1. The van der Waals surface area contributed by atoms with Crippen molar-refractivity contribution < 1.29 is 15.0 Å². The van der Waals surface area contributed by atoms with Crippen LogP contribution in [0.3, 0.4) is 0 Å². The smallest absolute Gasteiger partial charge is 0.308 e. The second-order valence-corrected chi connectivity index (χ2v) is 4.47. The average Bonchev–Trinajstić information content (AvgIpc) is 2.54. The number of carboxylic acid groups (broad SMARTS) is 1. The highest BCUT2D eigenvalue weighted by atomic mass is 16.4. The Bertz CT molecular complexity index is 405. The van der Waals surface area contributed by atoms with E-state index in [0.29, 0.717) is 6.42 Å². The lowest BCUT2D eigenvalue weighted by atomic mass is 9.90. The highest BCUT2D eigenvalue weighted by Crippen LogP contribution is 2.30. The van der Waals surface area contributed by atoms with E-state index in [1.807, 2.05) is 6.07 Å². The number of nitrogens with one attached hydrogen (secondary N) is 1. The molecule has 1 fully saturated rings. The molecule has 0 aromatic heterocycles. The normalized spacial score (nSPS) is 25.2. The molecule has 1 saturated heterocycles. The van der Waals surface area contributed by atoms with Crippen molar-refractivity contribution in [3.8, 4) is 5.75 Å². The van der Waals surface area contributed by atoms with Crippen LogP contribution in [0.5, 0.6) is 5.75 Å². The largest absolute Gasteiger partial charge is 0.508 e. The predicted octanol–water partition coefficient (Wildman–Crippen LogP) is 1.91. The fourth-order valence-electron chi connectivity index (χ4n) is 2.39. The first kappa shape index (κ1) is 11.9. The fourth-order valence-corrected chi connectivity index (χ4v) is 2.39. The van der Waals surface area contributed by atoms with Crippen LogP contribution >= 0.6 is 0 Å². The Balaban J connectivity index is 2.28. The molecule has 1 aromatic carbocycles. The lowest BCUT2D eigenvalue weighted by Crippen LogP contribution is -2.31. The Hall–Kier alpha value is -1.55. The molecule has 0 aliphatic carbocycles. The van der Waals surface area contributed by atoms with Crippen LogP contribution < -0.4 is 5.32 Å². The van der Waals surface area contributed by atoms with Crippen LogP contribution in [-0.2, 0) is 4.79 Å². The molecule has 2 rings (SSSR count). The molecule has 1 heterocycles. The summed E-state index contributed by atoms with van der Waals surface area (Å²) in [5.41, 5.74) is 0.847. The first-order valence-corrected chi connectivity index (χ1v) is 5.93. The number of carboxylic acids is 1. The summed E-state index contributed by atoms with van der Waals surface area (Å²) in [5, 5.41) is 22.0. The Morgan fingerprint density at radius 3 is 2.88 bits per heavy atom. The molecule has 92 valence electrons. The van der Waals surface area contributed by atoms with Crippen molar-refractivity contribution in [3.63, 3.8) is 0 Å². The molecule has 2 atom stereocenters. The summed E-state index contributed by atoms with van der Waals surface area (Å²) in [7, 11) is 0. The number of benzene rings is 1. The van der Waals surface area contributed by atoms with Crippen molar-refractivity contribution in [3.05, 3.63) is 29.8 Å².